The maximum absolute atomic E-state index is 4.62. The molecule has 4 nitrogen and oxygen atoms in total. The summed E-state index contributed by atoms with van der Waals surface area (Å²) in [5.41, 5.74) is -0.0364. The van der Waals surface area contributed by atoms with Crippen molar-refractivity contribution in [2.75, 3.05) is 23.7 Å². The molecule has 1 aromatic heterocycles. The summed E-state index contributed by atoms with van der Waals surface area (Å²) in [5, 5.41) is 6.67. The molecule has 0 radical (unpaired) electrons. The quantitative estimate of drug-likeness (QED) is 0.735. The van der Waals surface area contributed by atoms with Crippen LogP contribution < -0.4 is 10.6 Å². The van der Waals surface area contributed by atoms with Crippen LogP contribution in [0.15, 0.2) is 6.07 Å². The molecule has 0 bridgehead atoms. The molecule has 0 aliphatic heterocycles. The van der Waals surface area contributed by atoms with Crippen LogP contribution in [0.5, 0.6) is 0 Å². The summed E-state index contributed by atoms with van der Waals surface area (Å²) < 4.78 is 0. The molecule has 19 heavy (non-hydrogen) atoms. The van der Waals surface area contributed by atoms with Gasteiger partial charge in [-0.2, -0.15) is 0 Å². The van der Waals surface area contributed by atoms with Crippen molar-refractivity contribution in [1.82, 2.24) is 9.97 Å². The predicted octanol–water partition coefficient (Wildman–Crippen LogP) is 3.81. The van der Waals surface area contributed by atoms with E-state index in [0.717, 1.165) is 30.5 Å². The Morgan fingerprint density at radius 1 is 1.00 bits per heavy atom. The number of nitrogens with zero attached hydrogens (tertiary/aromatic N) is 2. The molecule has 0 saturated carbocycles. The van der Waals surface area contributed by atoms with Crippen molar-refractivity contribution in [3.63, 3.8) is 0 Å². The fourth-order valence-electron chi connectivity index (χ4n) is 1.74. The smallest absolute Gasteiger partial charge is 0.138 e. The molecule has 1 aromatic rings. The van der Waals surface area contributed by atoms with Gasteiger partial charge in [0.05, 0.1) is 0 Å². The second kappa shape index (κ2) is 7.31. The van der Waals surface area contributed by atoms with Gasteiger partial charge in [0.15, 0.2) is 0 Å². The van der Waals surface area contributed by atoms with E-state index in [0.29, 0.717) is 0 Å². The highest BCUT2D eigenvalue weighted by Crippen LogP contribution is 2.22. The first-order valence-electron chi connectivity index (χ1n) is 7.34. The van der Waals surface area contributed by atoms with Gasteiger partial charge in [-0.05, 0) is 13.3 Å². The van der Waals surface area contributed by atoms with Gasteiger partial charge in [-0.15, -0.1) is 0 Å². The Bertz CT molecular complexity index is 382. The van der Waals surface area contributed by atoms with E-state index >= 15 is 0 Å². The van der Waals surface area contributed by atoms with Crippen molar-refractivity contribution in [1.29, 1.82) is 0 Å². The van der Waals surface area contributed by atoms with Crippen molar-refractivity contribution in [3.05, 3.63) is 11.9 Å². The van der Waals surface area contributed by atoms with E-state index < -0.39 is 0 Å². The van der Waals surface area contributed by atoms with E-state index in [1.165, 1.54) is 19.3 Å². The third-order valence-corrected chi connectivity index (χ3v) is 2.84. The maximum atomic E-state index is 4.62. The highest BCUT2D eigenvalue weighted by molar-refractivity contribution is 5.48. The molecule has 0 unspecified atom stereocenters. The molecule has 0 aliphatic rings. The van der Waals surface area contributed by atoms with Crippen molar-refractivity contribution in [3.8, 4) is 0 Å². The van der Waals surface area contributed by atoms with Crippen LogP contribution in [0.1, 0.15) is 59.7 Å². The molecule has 0 atom stereocenters. The van der Waals surface area contributed by atoms with Crippen molar-refractivity contribution < 1.29 is 0 Å². The number of rotatable bonds is 7. The number of aromatic nitrogens is 2. The van der Waals surface area contributed by atoms with Crippen molar-refractivity contribution in [2.45, 2.75) is 59.3 Å². The molecule has 4 heteroatoms. The Labute approximate surface area is 117 Å². The summed E-state index contributed by atoms with van der Waals surface area (Å²) in [6.45, 7) is 12.5. The summed E-state index contributed by atoms with van der Waals surface area (Å²) >= 11 is 0. The van der Waals surface area contributed by atoms with Gasteiger partial charge >= 0.3 is 0 Å². The van der Waals surface area contributed by atoms with E-state index in [4.69, 9.17) is 0 Å². The number of hydrogen-bond acceptors (Lipinski definition) is 4. The van der Waals surface area contributed by atoms with Crippen LogP contribution in [0.25, 0.3) is 0 Å². The lowest BCUT2D eigenvalue weighted by atomic mass is 9.96. The highest BCUT2D eigenvalue weighted by atomic mass is 15.1. The van der Waals surface area contributed by atoms with Crippen molar-refractivity contribution >= 4 is 11.6 Å². The summed E-state index contributed by atoms with van der Waals surface area (Å²) in [6.07, 6.45) is 3.67. The van der Waals surface area contributed by atoms with E-state index in [9.17, 15) is 0 Å². The number of hydrogen-bond donors (Lipinski definition) is 2. The van der Waals surface area contributed by atoms with E-state index in [-0.39, 0.29) is 5.41 Å². The molecule has 0 spiro atoms. The lowest BCUT2D eigenvalue weighted by molar-refractivity contribution is 0.546. The lowest BCUT2D eigenvalue weighted by Gasteiger charge is -2.19. The molecular weight excluding hydrogens is 236 g/mol. The Morgan fingerprint density at radius 2 is 1.63 bits per heavy atom. The van der Waals surface area contributed by atoms with Gasteiger partial charge in [0.2, 0.25) is 0 Å². The Balaban J connectivity index is 2.81. The second-order valence-corrected chi connectivity index (χ2v) is 5.88. The number of unbranched alkanes of at least 4 members (excludes halogenated alkanes) is 2. The summed E-state index contributed by atoms with van der Waals surface area (Å²) in [5.74, 6) is 2.70. The minimum absolute atomic E-state index is 0.0364. The SMILES string of the molecule is CCCCCNc1cc(NCC)nc(C(C)(C)C)n1. The topological polar surface area (TPSA) is 49.8 Å². The first-order chi connectivity index (χ1) is 8.97. The van der Waals surface area contributed by atoms with Crippen molar-refractivity contribution in [2.24, 2.45) is 0 Å². The first kappa shape index (κ1) is 15.7. The van der Waals surface area contributed by atoms with Gasteiger partial charge in [-0.25, -0.2) is 9.97 Å². The van der Waals surface area contributed by atoms with E-state index in [2.05, 4.69) is 55.2 Å². The average Bonchev–Trinajstić information content (AvgIpc) is 2.34. The van der Waals surface area contributed by atoms with Crippen LogP contribution in [-0.2, 0) is 5.41 Å². The summed E-state index contributed by atoms with van der Waals surface area (Å²) in [4.78, 5) is 9.20. The van der Waals surface area contributed by atoms with Gasteiger partial charge in [-0.3, -0.25) is 0 Å². The molecule has 1 rings (SSSR count). The molecule has 0 fully saturated rings. The second-order valence-electron chi connectivity index (χ2n) is 5.88. The average molecular weight is 264 g/mol. The number of anilines is 2. The fourth-order valence-corrected chi connectivity index (χ4v) is 1.74. The minimum Gasteiger partial charge on any atom is -0.370 e. The zero-order valence-corrected chi connectivity index (χ0v) is 13.0. The van der Waals surface area contributed by atoms with Gasteiger partial charge in [0, 0.05) is 24.6 Å². The van der Waals surface area contributed by atoms with Crippen LogP contribution in [0.3, 0.4) is 0 Å². The van der Waals surface area contributed by atoms with Crippen LogP contribution in [0.2, 0.25) is 0 Å². The maximum Gasteiger partial charge on any atom is 0.138 e. The van der Waals surface area contributed by atoms with Crippen LogP contribution in [-0.4, -0.2) is 23.1 Å². The van der Waals surface area contributed by atoms with E-state index in [1.54, 1.807) is 0 Å². The molecule has 0 aromatic carbocycles. The van der Waals surface area contributed by atoms with Gasteiger partial charge < -0.3 is 10.6 Å². The molecule has 108 valence electrons. The highest BCUT2D eigenvalue weighted by Gasteiger charge is 2.18. The monoisotopic (exact) mass is 264 g/mol. The Morgan fingerprint density at radius 3 is 2.16 bits per heavy atom. The number of nitrogens with one attached hydrogen (secondary N) is 2. The zero-order valence-electron chi connectivity index (χ0n) is 13.0. The zero-order chi connectivity index (χ0) is 14.3. The standard InChI is InChI=1S/C15H28N4/c1-6-8-9-10-17-13-11-12(16-7-2)18-14(19-13)15(3,4)5/h11H,6-10H2,1-5H3,(H2,16,17,18,19). The fraction of sp³-hybridized carbons (Fsp3) is 0.733. The summed E-state index contributed by atoms with van der Waals surface area (Å²) in [7, 11) is 0. The van der Waals surface area contributed by atoms with Gasteiger partial charge in [-0.1, -0.05) is 40.5 Å². The molecule has 0 saturated heterocycles. The molecule has 0 aliphatic carbocycles. The molecule has 0 amide bonds. The van der Waals surface area contributed by atoms with Gasteiger partial charge in [0.25, 0.3) is 0 Å². The van der Waals surface area contributed by atoms with Crippen LogP contribution in [0.4, 0.5) is 11.6 Å². The largest absolute Gasteiger partial charge is 0.370 e. The first-order valence-corrected chi connectivity index (χ1v) is 7.34. The molecule has 1 heterocycles. The van der Waals surface area contributed by atoms with Crippen LogP contribution in [0, 0.1) is 0 Å². The van der Waals surface area contributed by atoms with Crippen LogP contribution >= 0.6 is 0 Å². The molecular formula is C15H28N4. The molecule has 2 N–H and O–H groups in total. The summed E-state index contributed by atoms with van der Waals surface area (Å²) in [6, 6.07) is 1.99. The normalized spacial score (nSPS) is 11.4. The van der Waals surface area contributed by atoms with Gasteiger partial charge in [0.1, 0.15) is 17.5 Å². The Hall–Kier alpha value is -1.32. The predicted molar refractivity (Wildman–Crippen MR) is 82.9 cm³/mol. The third-order valence-electron chi connectivity index (χ3n) is 2.84. The third kappa shape index (κ3) is 5.45. The minimum atomic E-state index is -0.0364. The Kier molecular flexibility index (Phi) is 6.06. The lowest BCUT2D eigenvalue weighted by Crippen LogP contribution is -2.18. The van der Waals surface area contributed by atoms with E-state index in [1.807, 2.05) is 6.07 Å².